The number of thioether (sulfide) groups is 1. The van der Waals surface area contributed by atoms with E-state index in [4.69, 9.17) is 9.47 Å². The summed E-state index contributed by atoms with van der Waals surface area (Å²) in [4.78, 5) is 35.1. The predicted molar refractivity (Wildman–Crippen MR) is 171 cm³/mol. The number of hydrogen-bond acceptors (Lipinski definition) is 10. The maximum Gasteiger partial charge on any atom is 0.280 e. The lowest BCUT2D eigenvalue weighted by Crippen LogP contribution is -2.66. The van der Waals surface area contributed by atoms with Crippen LogP contribution in [0, 0.1) is 23.2 Å². The number of nitrogens with one attached hydrogen (secondary N) is 1. The molecule has 11 nitrogen and oxygen atoms in total. The second-order valence-electron chi connectivity index (χ2n) is 12.3. The highest BCUT2D eigenvalue weighted by Gasteiger charge is 2.49. The molecule has 2 aromatic rings. The number of hydrazone groups is 1. The number of carbonyl (C=O) groups is 1. The van der Waals surface area contributed by atoms with Crippen LogP contribution >= 0.6 is 11.8 Å². The molecule has 2 saturated heterocycles. The smallest absolute Gasteiger partial charge is 0.280 e. The first-order chi connectivity index (χ1) is 22.1. The third-order valence-corrected chi connectivity index (χ3v) is 9.74. The van der Waals surface area contributed by atoms with Gasteiger partial charge in [0.05, 0.1) is 38.5 Å². The van der Waals surface area contributed by atoms with Gasteiger partial charge in [-0.3, -0.25) is 29.5 Å². The minimum Gasteiger partial charge on any atom is -0.494 e. The van der Waals surface area contributed by atoms with Gasteiger partial charge >= 0.3 is 0 Å². The van der Waals surface area contributed by atoms with Crippen LogP contribution in [0.25, 0.3) is 11.4 Å². The summed E-state index contributed by atoms with van der Waals surface area (Å²) in [5.41, 5.74) is 1.17. The van der Waals surface area contributed by atoms with Gasteiger partial charge < -0.3 is 19.3 Å². The fourth-order valence-electron chi connectivity index (χ4n) is 5.91. The molecule has 46 heavy (non-hydrogen) atoms. The lowest BCUT2D eigenvalue weighted by Gasteiger charge is -2.56. The molecule has 1 aliphatic carbocycles. The Kier molecular flexibility index (Phi) is 7.76. The highest BCUT2D eigenvalue weighted by Crippen LogP contribution is 2.40. The third-order valence-electron chi connectivity index (χ3n) is 8.69. The Morgan fingerprint density at radius 3 is 2.65 bits per heavy atom. The van der Waals surface area contributed by atoms with Crippen molar-refractivity contribution in [3.63, 3.8) is 0 Å². The minimum atomic E-state index is -2.84. The number of halogens is 2. The number of likely N-dealkylation sites (N-methyl/N-ethyl adjacent to an activating group) is 1. The summed E-state index contributed by atoms with van der Waals surface area (Å²) in [6.45, 7) is 3.24. The van der Waals surface area contributed by atoms with Crippen LogP contribution in [0.4, 0.5) is 14.5 Å². The SMILES string of the molecule is COc1cnc(C(F)F)cc1C1=C(C(=O)NC2=NN(C)C(C#CC3CC3)S2)CN(C)C(n2ccc(N3CC4(COC4)C3)cc2=O)=C1. The number of amidine groups is 1. The zero-order chi connectivity index (χ0) is 32.2. The number of alkyl halides is 2. The number of rotatable bonds is 6. The second-order valence-corrected chi connectivity index (χ2v) is 13.3. The van der Waals surface area contributed by atoms with Crippen LogP contribution in [-0.4, -0.2) is 90.0 Å². The summed E-state index contributed by atoms with van der Waals surface area (Å²) in [5, 5.41) is 9.20. The number of aromatic nitrogens is 2. The fourth-order valence-corrected chi connectivity index (χ4v) is 6.78. The predicted octanol–water partition coefficient (Wildman–Crippen LogP) is 3.03. The molecule has 1 saturated carbocycles. The Labute approximate surface area is 268 Å². The third kappa shape index (κ3) is 5.73. The van der Waals surface area contributed by atoms with Gasteiger partial charge in [-0.05, 0) is 48.4 Å². The first-order valence-corrected chi connectivity index (χ1v) is 15.9. The summed E-state index contributed by atoms with van der Waals surface area (Å²) in [7, 11) is 4.97. The van der Waals surface area contributed by atoms with Crippen LogP contribution in [-0.2, 0) is 9.53 Å². The van der Waals surface area contributed by atoms with Crippen LogP contribution in [0.5, 0.6) is 5.75 Å². The number of allylic oxidation sites excluding steroid dienone is 2. The molecule has 4 aliphatic heterocycles. The molecule has 6 heterocycles. The molecular weight excluding hydrogens is 616 g/mol. The highest BCUT2D eigenvalue weighted by atomic mass is 32.2. The van der Waals surface area contributed by atoms with Crippen molar-refractivity contribution in [3.8, 4) is 17.6 Å². The molecule has 7 rings (SSSR count). The quantitative estimate of drug-likeness (QED) is 0.473. The number of methoxy groups -OCH3 is 1. The van der Waals surface area contributed by atoms with E-state index in [1.807, 2.05) is 6.07 Å². The van der Waals surface area contributed by atoms with E-state index in [-0.39, 0.29) is 39.8 Å². The highest BCUT2D eigenvalue weighted by molar-refractivity contribution is 8.14. The molecule has 1 N–H and O–H groups in total. The van der Waals surface area contributed by atoms with Gasteiger partial charge in [0.2, 0.25) is 0 Å². The number of amides is 1. The second kappa shape index (κ2) is 11.8. The first kappa shape index (κ1) is 30.3. The van der Waals surface area contributed by atoms with Crippen molar-refractivity contribution in [1.82, 2.24) is 24.8 Å². The van der Waals surface area contributed by atoms with E-state index in [1.165, 1.54) is 35.7 Å². The zero-order valence-electron chi connectivity index (χ0n) is 25.6. The molecule has 3 fully saturated rings. The molecule has 1 unspecified atom stereocenters. The van der Waals surface area contributed by atoms with Crippen LogP contribution in [0.15, 0.2) is 52.1 Å². The summed E-state index contributed by atoms with van der Waals surface area (Å²) < 4.78 is 40.0. The van der Waals surface area contributed by atoms with Crippen LogP contribution in [0.1, 0.15) is 30.5 Å². The largest absolute Gasteiger partial charge is 0.494 e. The topological polar surface area (TPSA) is 105 Å². The number of pyridine rings is 2. The summed E-state index contributed by atoms with van der Waals surface area (Å²) in [5.74, 6) is 7.10. The van der Waals surface area contributed by atoms with Gasteiger partial charge in [-0.15, -0.1) is 0 Å². The van der Waals surface area contributed by atoms with Crippen molar-refractivity contribution in [2.75, 3.05) is 59.0 Å². The molecule has 1 amide bonds. The molecule has 14 heteroatoms. The number of anilines is 1. The molecule has 240 valence electrons. The van der Waals surface area contributed by atoms with E-state index in [0.717, 1.165) is 44.8 Å². The number of ether oxygens (including phenoxy) is 2. The van der Waals surface area contributed by atoms with Gasteiger partial charge in [0.15, 0.2) is 10.5 Å². The van der Waals surface area contributed by atoms with E-state index in [9.17, 15) is 18.4 Å². The maximum atomic E-state index is 13.9. The molecule has 0 bridgehead atoms. The Morgan fingerprint density at radius 1 is 1.22 bits per heavy atom. The molecule has 5 aliphatic rings. The average Bonchev–Trinajstić information content (AvgIpc) is 3.75. The van der Waals surface area contributed by atoms with Crippen LogP contribution < -0.4 is 20.5 Å². The summed E-state index contributed by atoms with van der Waals surface area (Å²) >= 11 is 1.34. The molecular formula is C32H33F2N7O4S. The van der Waals surface area contributed by atoms with Crippen molar-refractivity contribution in [2.24, 2.45) is 16.4 Å². The number of hydrogen-bond donors (Lipinski definition) is 1. The Hall–Kier alpha value is -4.35. The van der Waals surface area contributed by atoms with Crippen molar-refractivity contribution >= 4 is 39.9 Å². The van der Waals surface area contributed by atoms with E-state index >= 15 is 0 Å². The standard InChI is InChI=1S/C32H33F2N7O4S/c1-38-14-23(30(43)36-31-37-39(2)28(46-31)7-6-19-4-5-19)21(22-11-24(29(33)34)35-13-25(22)44-3)12-26(38)41-9-8-20(10-27(41)42)40-15-32(16-40)17-45-18-32/h8-13,19,28-29H,4-5,14-18H2,1-3H3,(H,36,37,43). The van der Waals surface area contributed by atoms with Gasteiger partial charge in [-0.1, -0.05) is 11.8 Å². The van der Waals surface area contributed by atoms with E-state index < -0.39 is 18.0 Å². The Balaban J connectivity index is 1.23. The maximum absolute atomic E-state index is 13.9. The number of nitrogens with zero attached hydrogens (tertiary/aromatic N) is 6. The van der Waals surface area contributed by atoms with Crippen LogP contribution in [0.2, 0.25) is 0 Å². The first-order valence-electron chi connectivity index (χ1n) is 15.0. The van der Waals surface area contributed by atoms with Crippen molar-refractivity contribution in [2.45, 2.75) is 24.6 Å². The van der Waals surface area contributed by atoms with Crippen LogP contribution in [0.3, 0.4) is 0 Å². The minimum absolute atomic E-state index is 0.0734. The summed E-state index contributed by atoms with van der Waals surface area (Å²) in [6.07, 6.45) is 3.94. The van der Waals surface area contributed by atoms with Gasteiger partial charge in [0.25, 0.3) is 17.9 Å². The monoisotopic (exact) mass is 649 g/mol. The zero-order valence-corrected chi connectivity index (χ0v) is 26.4. The molecule has 1 spiro atoms. The fraction of sp³-hybridized carbons (Fsp3) is 0.438. The van der Waals surface area contributed by atoms with Crippen molar-refractivity contribution in [1.29, 1.82) is 0 Å². The van der Waals surface area contributed by atoms with Gasteiger partial charge in [-0.2, -0.15) is 5.10 Å². The van der Waals surface area contributed by atoms with E-state index in [1.54, 1.807) is 42.3 Å². The summed E-state index contributed by atoms with van der Waals surface area (Å²) in [6, 6.07) is 4.69. The molecule has 0 aromatic carbocycles. The molecule has 2 aromatic heterocycles. The van der Waals surface area contributed by atoms with Gasteiger partial charge in [0.1, 0.15) is 17.3 Å². The Morgan fingerprint density at radius 2 is 2.00 bits per heavy atom. The lowest BCUT2D eigenvalue weighted by molar-refractivity contribution is -0.127. The number of carbonyl (C=O) groups excluding carboxylic acids is 1. The van der Waals surface area contributed by atoms with E-state index in [0.29, 0.717) is 22.5 Å². The average molecular weight is 650 g/mol. The van der Waals surface area contributed by atoms with Gasteiger partial charge in [0, 0.05) is 62.2 Å². The Bertz CT molecular complexity index is 1800. The van der Waals surface area contributed by atoms with E-state index in [2.05, 4.69) is 32.1 Å². The van der Waals surface area contributed by atoms with Crippen molar-refractivity contribution in [3.05, 3.63) is 63.9 Å². The normalized spacial score (nSPS) is 21.8. The molecule has 1 atom stereocenters. The van der Waals surface area contributed by atoms with Crippen molar-refractivity contribution < 1.29 is 23.0 Å². The molecule has 0 radical (unpaired) electrons. The lowest BCUT2D eigenvalue weighted by atomic mass is 9.78. The van der Waals surface area contributed by atoms with Gasteiger partial charge in [-0.25, -0.2) is 8.78 Å².